The molecule has 6 amide bonds. The van der Waals surface area contributed by atoms with Crippen molar-refractivity contribution in [2.75, 3.05) is 18.8 Å². The first-order valence-corrected chi connectivity index (χ1v) is 23.7. The van der Waals surface area contributed by atoms with E-state index < -0.39 is 85.4 Å². The van der Waals surface area contributed by atoms with Gasteiger partial charge in [-0.1, -0.05) is 89.0 Å². The number of rotatable bonds is 13. The molecule has 16 heteroatoms. The molecule has 0 spiro atoms. The van der Waals surface area contributed by atoms with E-state index in [-0.39, 0.29) is 31.1 Å². The van der Waals surface area contributed by atoms with Gasteiger partial charge in [-0.2, -0.15) is 0 Å². The molecular weight excluding hydrogens is 789 g/mol. The highest BCUT2D eigenvalue weighted by Gasteiger charge is 2.50. The predicted molar refractivity (Wildman–Crippen MR) is 225 cm³/mol. The number of nitrogens with two attached hydrogens (primary N) is 1. The number of hydrogen-bond acceptors (Lipinski definition) is 9. The van der Waals surface area contributed by atoms with Crippen molar-refractivity contribution in [2.45, 2.75) is 171 Å². The fourth-order valence-electron chi connectivity index (χ4n) is 9.85. The molecule has 0 bridgehead atoms. The fraction of sp³-hybridized carbons (Fsp3) is 0.727. The molecule has 1 aromatic rings. The van der Waals surface area contributed by atoms with Crippen LogP contribution < -0.4 is 21.7 Å². The molecule has 60 heavy (non-hydrogen) atoms. The van der Waals surface area contributed by atoms with E-state index >= 15 is 4.79 Å². The summed E-state index contributed by atoms with van der Waals surface area (Å²) >= 11 is 0. The first kappa shape index (κ1) is 45.3. The van der Waals surface area contributed by atoms with E-state index in [1.165, 1.54) is 4.90 Å². The van der Waals surface area contributed by atoms with Crippen LogP contribution in [0.5, 0.6) is 0 Å². The van der Waals surface area contributed by atoms with Gasteiger partial charge in [0.2, 0.25) is 17.6 Å². The summed E-state index contributed by atoms with van der Waals surface area (Å²) in [5.41, 5.74) is 5.84. The third-order valence-electron chi connectivity index (χ3n) is 14.0. The largest absolute Gasteiger partial charge is 0.444 e. The Labute approximate surface area is 354 Å². The second-order valence-corrected chi connectivity index (χ2v) is 22.2. The van der Waals surface area contributed by atoms with Crippen molar-refractivity contribution in [3.8, 4) is 0 Å². The Kier molecular flexibility index (Phi) is 13.9. The van der Waals surface area contributed by atoms with Crippen molar-refractivity contribution in [1.82, 2.24) is 25.8 Å². The van der Waals surface area contributed by atoms with Crippen molar-refractivity contribution in [1.29, 1.82) is 0 Å². The zero-order chi connectivity index (χ0) is 43.5. The number of hydrogen-bond donors (Lipinski definition) is 4. The molecule has 3 aliphatic carbocycles. The molecule has 332 valence electrons. The van der Waals surface area contributed by atoms with E-state index in [0.29, 0.717) is 45.2 Å². The van der Waals surface area contributed by atoms with Crippen LogP contribution in [0, 0.1) is 11.3 Å². The molecule has 1 aromatic carbocycles. The molecule has 5 aliphatic rings. The lowest BCUT2D eigenvalue weighted by molar-refractivity contribution is -0.144. The van der Waals surface area contributed by atoms with E-state index in [1.54, 1.807) is 25.7 Å². The number of sulfone groups is 1. The van der Waals surface area contributed by atoms with Gasteiger partial charge < -0.3 is 36.2 Å². The number of ketones is 1. The minimum Gasteiger partial charge on any atom is -0.444 e. The van der Waals surface area contributed by atoms with Gasteiger partial charge in [-0.05, 0) is 81.8 Å². The van der Waals surface area contributed by atoms with Crippen molar-refractivity contribution in [2.24, 2.45) is 17.1 Å². The number of carbonyl (C=O) groups is 6. The van der Waals surface area contributed by atoms with Gasteiger partial charge in [0.05, 0.1) is 28.6 Å². The Morgan fingerprint density at radius 1 is 0.900 bits per heavy atom. The topological polar surface area (TPSA) is 214 Å². The van der Waals surface area contributed by atoms with Crippen LogP contribution in [0.2, 0.25) is 0 Å². The number of benzene rings is 1. The van der Waals surface area contributed by atoms with Crippen molar-refractivity contribution in [3.05, 3.63) is 35.4 Å². The Bertz CT molecular complexity index is 1900. The number of primary amides is 1. The summed E-state index contributed by atoms with van der Waals surface area (Å²) in [4.78, 5) is 85.6. The minimum absolute atomic E-state index is 0.0714. The molecule has 4 fully saturated rings. The molecule has 2 heterocycles. The maximum Gasteiger partial charge on any atom is 0.410 e. The van der Waals surface area contributed by atoms with Gasteiger partial charge in [0.25, 0.3) is 5.91 Å². The number of Topliss-reactive ketones (excluding diaryl/α,β-unsaturated/α-hetero) is 1. The van der Waals surface area contributed by atoms with E-state index in [0.717, 1.165) is 68.9 Å². The number of nitrogens with one attached hydrogen (secondary N) is 3. The van der Waals surface area contributed by atoms with Crippen molar-refractivity contribution >= 4 is 45.5 Å². The van der Waals surface area contributed by atoms with E-state index in [1.807, 2.05) is 31.2 Å². The molecule has 3 saturated carbocycles. The zero-order valence-corrected chi connectivity index (χ0v) is 36.7. The molecule has 5 N–H and O–H groups in total. The van der Waals surface area contributed by atoms with Crippen molar-refractivity contribution in [3.63, 3.8) is 0 Å². The predicted octanol–water partition coefficient (Wildman–Crippen LogP) is 4.43. The van der Waals surface area contributed by atoms with Crippen LogP contribution in [0.25, 0.3) is 0 Å². The number of likely N-dealkylation sites (tertiary alicyclic amines) is 1. The highest BCUT2D eigenvalue weighted by molar-refractivity contribution is 7.92. The molecule has 15 nitrogen and oxygen atoms in total. The van der Waals surface area contributed by atoms with Crippen molar-refractivity contribution < 1.29 is 41.9 Å². The maximum absolute atomic E-state index is 15.2. The van der Waals surface area contributed by atoms with Gasteiger partial charge in [-0.15, -0.1) is 0 Å². The summed E-state index contributed by atoms with van der Waals surface area (Å²) in [6.07, 6.45) is 9.20. The van der Waals surface area contributed by atoms with Crippen LogP contribution in [-0.4, -0.2) is 107 Å². The van der Waals surface area contributed by atoms with E-state index in [9.17, 15) is 32.4 Å². The Hall–Kier alpha value is -4.21. The molecule has 0 aromatic heterocycles. The SMILES string of the molecule is CC1([C@H](NC(=O)NC2(CS(=O)(=O)C(C)(C)C)CCCCC2)C(=O)N2C[C@H](OC(=O)N3CCc4ccccc4C3)C[C@H]2C(=O)NC(CC2CCC2)C(=O)C(N)=O)CCCCC1. The van der Waals surface area contributed by atoms with Crippen LogP contribution in [0.1, 0.15) is 135 Å². The Balaban J connectivity index is 1.27. The van der Waals surface area contributed by atoms with Gasteiger partial charge in [0, 0.05) is 19.5 Å². The third kappa shape index (κ3) is 10.4. The highest BCUT2D eigenvalue weighted by Crippen LogP contribution is 2.41. The van der Waals surface area contributed by atoms with Crippen LogP contribution >= 0.6 is 0 Å². The number of urea groups is 1. The van der Waals surface area contributed by atoms with Crippen LogP contribution in [-0.2, 0) is 46.7 Å². The minimum atomic E-state index is -3.64. The van der Waals surface area contributed by atoms with Gasteiger partial charge in [-0.25, -0.2) is 18.0 Å². The highest BCUT2D eigenvalue weighted by atomic mass is 32.2. The van der Waals surface area contributed by atoms with E-state index in [4.69, 9.17) is 10.5 Å². The number of carbonyl (C=O) groups excluding carboxylic acids is 6. The van der Waals surface area contributed by atoms with E-state index in [2.05, 4.69) is 16.0 Å². The van der Waals surface area contributed by atoms with Crippen LogP contribution in [0.15, 0.2) is 24.3 Å². The average molecular weight is 855 g/mol. The maximum atomic E-state index is 15.2. The van der Waals surface area contributed by atoms with Gasteiger partial charge in [0.15, 0.2) is 9.84 Å². The molecule has 4 atom stereocenters. The van der Waals surface area contributed by atoms with Gasteiger partial charge in [0.1, 0.15) is 18.2 Å². The molecule has 0 radical (unpaired) electrons. The van der Waals surface area contributed by atoms with Crippen LogP contribution in [0.3, 0.4) is 0 Å². The molecule has 6 rings (SSSR count). The molecule has 1 unspecified atom stereocenters. The summed E-state index contributed by atoms with van der Waals surface area (Å²) in [6, 6.07) is 3.70. The first-order valence-electron chi connectivity index (χ1n) is 22.1. The van der Waals surface area contributed by atoms with Gasteiger partial charge in [-0.3, -0.25) is 19.2 Å². The quantitative estimate of drug-likeness (QED) is 0.206. The number of amides is 6. The monoisotopic (exact) mass is 854 g/mol. The lowest BCUT2D eigenvalue weighted by Crippen LogP contribution is -2.64. The smallest absolute Gasteiger partial charge is 0.410 e. The second kappa shape index (κ2) is 18.4. The summed E-state index contributed by atoms with van der Waals surface area (Å²) in [6.45, 7) is 7.54. The summed E-state index contributed by atoms with van der Waals surface area (Å²) in [7, 11) is -3.64. The lowest BCUT2D eigenvalue weighted by Gasteiger charge is -2.44. The van der Waals surface area contributed by atoms with Crippen LogP contribution in [0.4, 0.5) is 9.59 Å². The Morgan fingerprint density at radius 3 is 2.13 bits per heavy atom. The Morgan fingerprint density at radius 2 is 1.53 bits per heavy atom. The second-order valence-electron chi connectivity index (χ2n) is 19.5. The average Bonchev–Trinajstić information content (AvgIpc) is 3.60. The molecule has 2 aliphatic heterocycles. The standard InChI is InChI=1S/C44H66N6O9S/c1-42(2,3)60(57,58)28-44(21-11-6-12-22-44)48-40(55)47-36(43(4)19-9-5-10-20-43)39(54)50-27-32(59-41(56)49-23-18-30-16-7-8-17-31(30)26-49)25-34(50)38(53)46-33(35(51)37(45)52)24-29-14-13-15-29/h7-8,16-17,29,32-34,36H,5-6,9-15,18-28H2,1-4H3,(H2,45,52)(H,46,53)(H2,47,48,55)/t32-,33?,34+,36-/m1/s1. The molecule has 1 saturated heterocycles. The van der Waals surface area contributed by atoms with Gasteiger partial charge >= 0.3 is 12.1 Å². The number of nitrogens with zero attached hydrogens (tertiary/aromatic N) is 2. The normalized spacial score (nSPS) is 23.9. The summed E-state index contributed by atoms with van der Waals surface area (Å²) in [5.74, 6) is -3.42. The fourth-order valence-corrected chi connectivity index (χ4v) is 11.4. The first-order chi connectivity index (χ1) is 28.3. The third-order valence-corrected chi connectivity index (χ3v) is 16.8. The lowest BCUT2D eigenvalue weighted by atomic mass is 9.70. The zero-order valence-electron chi connectivity index (χ0n) is 35.9. The summed E-state index contributed by atoms with van der Waals surface area (Å²) in [5, 5.41) is 8.78. The molecular formula is C44H66N6O9S. The summed E-state index contributed by atoms with van der Waals surface area (Å²) < 4.78 is 32.1. The number of fused-ring (bicyclic) bond motifs is 1. The number of ether oxygens (including phenoxy) is 1.